The third-order valence-corrected chi connectivity index (χ3v) is 3.05. The molecule has 0 unspecified atom stereocenters. The minimum Gasteiger partial charge on any atom is -0.257 e. The molecular weight excluding hydrogens is 178 g/mol. The Balaban J connectivity index is 2.57. The largest absolute Gasteiger partial charge is 0.257 e. The van der Waals surface area contributed by atoms with Gasteiger partial charge in [0.25, 0.3) is 0 Å². The molecule has 0 saturated carbocycles. The maximum Gasteiger partial charge on any atom is 0.0459 e. The van der Waals surface area contributed by atoms with Crippen LogP contribution in [0.15, 0.2) is 45.3 Å². The van der Waals surface area contributed by atoms with Gasteiger partial charge in [0.2, 0.25) is 0 Å². The van der Waals surface area contributed by atoms with Crippen LogP contribution in [-0.2, 0) is 0 Å². The average molecular weight is 189 g/mol. The molecule has 0 bridgehead atoms. The van der Waals surface area contributed by atoms with Gasteiger partial charge < -0.3 is 0 Å². The summed E-state index contributed by atoms with van der Waals surface area (Å²) < 4.78 is 0. The van der Waals surface area contributed by atoms with Crippen molar-refractivity contribution in [2.75, 3.05) is 0 Å². The Labute approximate surface area is 82.6 Å². The molecule has 1 aliphatic rings. The van der Waals surface area contributed by atoms with Crippen LogP contribution in [0.4, 0.5) is 0 Å². The van der Waals surface area contributed by atoms with Crippen LogP contribution >= 0.6 is 11.8 Å². The first-order valence-corrected chi connectivity index (χ1v) is 5.13. The Bertz CT molecular complexity index is 391. The van der Waals surface area contributed by atoms with Gasteiger partial charge in [-0.2, -0.15) is 0 Å². The van der Waals surface area contributed by atoms with Crippen LogP contribution in [0.2, 0.25) is 0 Å². The zero-order valence-electron chi connectivity index (χ0n) is 7.74. The highest BCUT2D eigenvalue weighted by atomic mass is 32.2. The summed E-state index contributed by atoms with van der Waals surface area (Å²) in [6.45, 7) is 4.09. The smallest absolute Gasteiger partial charge is 0.0459 e. The van der Waals surface area contributed by atoms with Crippen molar-refractivity contribution < 1.29 is 0 Å². The van der Waals surface area contributed by atoms with E-state index in [0.29, 0.717) is 0 Å². The van der Waals surface area contributed by atoms with Crippen LogP contribution in [0.5, 0.6) is 0 Å². The molecule has 0 N–H and O–H groups in total. The molecule has 66 valence electrons. The fraction of sp³-hybridized carbons (Fsp3) is 0.182. The molecular formula is C11H11NS. The number of thioether (sulfide) groups is 1. The van der Waals surface area contributed by atoms with E-state index >= 15 is 0 Å². The maximum atomic E-state index is 4.47. The van der Waals surface area contributed by atoms with Gasteiger partial charge in [-0.25, -0.2) is 0 Å². The molecule has 2 rings (SSSR count). The van der Waals surface area contributed by atoms with Crippen molar-refractivity contribution in [3.8, 4) is 0 Å². The molecule has 0 atom stereocenters. The number of nitrogens with zero attached hydrogens (tertiary/aromatic N) is 1. The number of hydrogen-bond acceptors (Lipinski definition) is 2. The lowest BCUT2D eigenvalue weighted by Crippen LogP contribution is -1.94. The second kappa shape index (κ2) is 3.38. The summed E-state index contributed by atoms with van der Waals surface area (Å²) >= 11 is 1.74. The van der Waals surface area contributed by atoms with Crippen molar-refractivity contribution in [3.05, 3.63) is 40.9 Å². The summed E-state index contributed by atoms with van der Waals surface area (Å²) in [6, 6.07) is 8.37. The summed E-state index contributed by atoms with van der Waals surface area (Å²) in [7, 11) is 0. The molecule has 13 heavy (non-hydrogen) atoms. The quantitative estimate of drug-likeness (QED) is 0.608. The molecule has 0 saturated heterocycles. The number of hydrogen-bond donors (Lipinski definition) is 0. The summed E-state index contributed by atoms with van der Waals surface area (Å²) in [6.07, 6.45) is 0. The van der Waals surface area contributed by atoms with Crippen LogP contribution in [0.3, 0.4) is 0 Å². The molecule has 0 amide bonds. The fourth-order valence-corrected chi connectivity index (χ4v) is 2.22. The minimum absolute atomic E-state index is 1.08. The summed E-state index contributed by atoms with van der Waals surface area (Å²) in [5.74, 6) is 0. The van der Waals surface area contributed by atoms with Gasteiger partial charge in [-0.05, 0) is 25.3 Å². The van der Waals surface area contributed by atoms with Crippen molar-refractivity contribution in [1.82, 2.24) is 0 Å². The van der Waals surface area contributed by atoms with Crippen LogP contribution < -0.4 is 0 Å². The average Bonchev–Trinajstić information content (AvgIpc) is 2.27. The standard InChI is InChI=1S/C11H11NS/c1-8-7-13-11-6-4-3-5-10(11)9(2)12-8/h3-7H,1-2H3. The van der Waals surface area contributed by atoms with Crippen molar-refractivity contribution in [1.29, 1.82) is 0 Å². The topological polar surface area (TPSA) is 12.4 Å². The van der Waals surface area contributed by atoms with Gasteiger partial charge in [-0.1, -0.05) is 30.0 Å². The highest BCUT2D eigenvalue weighted by molar-refractivity contribution is 8.02. The molecule has 0 spiro atoms. The van der Waals surface area contributed by atoms with E-state index in [4.69, 9.17) is 0 Å². The van der Waals surface area contributed by atoms with E-state index in [-0.39, 0.29) is 0 Å². The monoisotopic (exact) mass is 189 g/mol. The first-order valence-electron chi connectivity index (χ1n) is 4.25. The molecule has 0 aromatic heterocycles. The second-order valence-corrected chi connectivity index (χ2v) is 3.98. The zero-order chi connectivity index (χ0) is 9.26. The Morgan fingerprint density at radius 1 is 1.15 bits per heavy atom. The fourth-order valence-electron chi connectivity index (χ4n) is 1.37. The van der Waals surface area contributed by atoms with Crippen molar-refractivity contribution >= 4 is 17.5 Å². The highest BCUT2D eigenvalue weighted by Gasteiger charge is 2.07. The molecule has 1 aromatic rings. The highest BCUT2D eigenvalue weighted by Crippen LogP contribution is 2.28. The van der Waals surface area contributed by atoms with Gasteiger partial charge in [-0.15, -0.1) is 0 Å². The van der Waals surface area contributed by atoms with Crippen LogP contribution in [-0.4, -0.2) is 5.71 Å². The maximum absolute atomic E-state index is 4.47. The van der Waals surface area contributed by atoms with E-state index < -0.39 is 0 Å². The third kappa shape index (κ3) is 1.68. The van der Waals surface area contributed by atoms with E-state index in [1.165, 1.54) is 10.5 Å². The molecule has 0 aliphatic carbocycles. The molecule has 1 aromatic carbocycles. The van der Waals surface area contributed by atoms with Gasteiger partial charge >= 0.3 is 0 Å². The second-order valence-electron chi connectivity index (χ2n) is 3.07. The zero-order valence-corrected chi connectivity index (χ0v) is 8.56. The van der Waals surface area contributed by atoms with Gasteiger partial charge in [0.1, 0.15) is 0 Å². The Kier molecular flexibility index (Phi) is 2.23. The predicted molar refractivity (Wildman–Crippen MR) is 58.3 cm³/mol. The number of aliphatic imine (C=N–C) groups is 1. The Morgan fingerprint density at radius 3 is 2.77 bits per heavy atom. The Morgan fingerprint density at radius 2 is 1.92 bits per heavy atom. The molecule has 2 heteroatoms. The van der Waals surface area contributed by atoms with Gasteiger partial charge in [0, 0.05) is 21.9 Å². The first kappa shape index (κ1) is 8.57. The lowest BCUT2D eigenvalue weighted by molar-refractivity contribution is 1.30. The van der Waals surface area contributed by atoms with Crippen LogP contribution in [0, 0.1) is 0 Å². The van der Waals surface area contributed by atoms with Crippen LogP contribution in [0.25, 0.3) is 0 Å². The van der Waals surface area contributed by atoms with E-state index in [1.54, 1.807) is 11.8 Å². The molecule has 1 aliphatic heterocycles. The van der Waals surface area contributed by atoms with Crippen molar-refractivity contribution in [2.45, 2.75) is 18.7 Å². The van der Waals surface area contributed by atoms with Gasteiger partial charge in [0.05, 0.1) is 0 Å². The van der Waals surface area contributed by atoms with E-state index in [9.17, 15) is 0 Å². The SMILES string of the molecule is CC1=CSc2ccccc2C(C)=N1. The van der Waals surface area contributed by atoms with Crippen molar-refractivity contribution in [2.24, 2.45) is 4.99 Å². The summed E-state index contributed by atoms with van der Waals surface area (Å²) in [5.41, 5.74) is 3.44. The molecule has 1 nitrogen and oxygen atoms in total. The van der Waals surface area contributed by atoms with Crippen molar-refractivity contribution in [3.63, 3.8) is 0 Å². The Hall–Kier alpha value is -1.02. The molecule has 0 fully saturated rings. The first-order chi connectivity index (χ1) is 6.27. The van der Waals surface area contributed by atoms with Crippen LogP contribution in [0.1, 0.15) is 19.4 Å². The lowest BCUT2D eigenvalue weighted by Gasteiger charge is -2.02. The van der Waals surface area contributed by atoms with Gasteiger partial charge in [0.15, 0.2) is 0 Å². The number of rotatable bonds is 0. The van der Waals surface area contributed by atoms with E-state index in [1.807, 2.05) is 6.92 Å². The molecule has 1 heterocycles. The predicted octanol–water partition coefficient (Wildman–Crippen LogP) is 3.46. The van der Waals surface area contributed by atoms with E-state index in [2.05, 4.69) is 41.6 Å². The molecule has 0 radical (unpaired) electrons. The number of allylic oxidation sites excluding steroid dienone is 1. The summed E-state index contributed by atoms with van der Waals surface area (Å²) in [4.78, 5) is 5.77. The summed E-state index contributed by atoms with van der Waals surface area (Å²) in [5, 5.41) is 2.09. The normalized spacial score (nSPS) is 15.5. The number of benzene rings is 1. The van der Waals surface area contributed by atoms with Gasteiger partial charge in [-0.3, -0.25) is 4.99 Å². The third-order valence-electron chi connectivity index (χ3n) is 1.98. The minimum atomic E-state index is 1.08. The van der Waals surface area contributed by atoms with E-state index in [0.717, 1.165) is 11.4 Å². The lowest BCUT2D eigenvalue weighted by atomic mass is 10.1. The number of fused-ring (bicyclic) bond motifs is 1.